The minimum atomic E-state index is 0.895. The monoisotopic (exact) mass is 329 g/mol. The van der Waals surface area contributed by atoms with Crippen LogP contribution in [0, 0.1) is 6.92 Å². The first-order valence-corrected chi connectivity index (χ1v) is 8.40. The largest absolute Gasteiger partial charge is 0.456 e. The number of hydrogen-bond acceptors (Lipinski definition) is 2. The van der Waals surface area contributed by atoms with E-state index < -0.39 is 0 Å². The SMILES string of the molecule is C=CN(C(=C)/C(C)=C/C=C\C)c1ccc2c(oc3ccccc32)c1C. The Bertz CT molecular complexity index is 1020. The van der Waals surface area contributed by atoms with Crippen molar-refractivity contribution in [1.29, 1.82) is 0 Å². The van der Waals surface area contributed by atoms with Crippen LogP contribution in [0.5, 0.6) is 0 Å². The second kappa shape index (κ2) is 6.86. The predicted molar refractivity (Wildman–Crippen MR) is 109 cm³/mol. The van der Waals surface area contributed by atoms with Crippen LogP contribution in [0.25, 0.3) is 21.9 Å². The summed E-state index contributed by atoms with van der Waals surface area (Å²) in [6.45, 7) is 14.3. The average molecular weight is 329 g/mol. The van der Waals surface area contributed by atoms with Crippen molar-refractivity contribution in [2.75, 3.05) is 4.90 Å². The van der Waals surface area contributed by atoms with Crippen molar-refractivity contribution < 1.29 is 4.42 Å². The number of furan rings is 1. The topological polar surface area (TPSA) is 16.4 Å². The Morgan fingerprint density at radius 3 is 2.60 bits per heavy atom. The third-order valence-electron chi connectivity index (χ3n) is 4.49. The summed E-state index contributed by atoms with van der Waals surface area (Å²) in [6.07, 6.45) is 7.86. The smallest absolute Gasteiger partial charge is 0.140 e. The van der Waals surface area contributed by atoms with E-state index in [0.717, 1.165) is 44.5 Å². The van der Waals surface area contributed by atoms with Gasteiger partial charge in [0.05, 0.1) is 5.69 Å². The lowest BCUT2D eigenvalue weighted by Crippen LogP contribution is -2.16. The number of aryl methyl sites for hydroxylation is 1. The zero-order chi connectivity index (χ0) is 18.0. The maximum atomic E-state index is 6.11. The lowest BCUT2D eigenvalue weighted by atomic mass is 10.1. The molecule has 0 spiro atoms. The van der Waals surface area contributed by atoms with E-state index >= 15 is 0 Å². The third-order valence-corrected chi connectivity index (χ3v) is 4.49. The molecule has 0 bridgehead atoms. The molecule has 0 N–H and O–H groups in total. The summed E-state index contributed by atoms with van der Waals surface area (Å²) >= 11 is 0. The van der Waals surface area contributed by atoms with Gasteiger partial charge in [0.15, 0.2) is 0 Å². The third kappa shape index (κ3) is 2.91. The summed E-state index contributed by atoms with van der Waals surface area (Å²) in [6, 6.07) is 12.3. The Balaban J connectivity index is 2.13. The number of fused-ring (bicyclic) bond motifs is 3. The second-order valence-electron chi connectivity index (χ2n) is 6.06. The molecule has 0 fully saturated rings. The van der Waals surface area contributed by atoms with Crippen LogP contribution in [0.3, 0.4) is 0 Å². The summed E-state index contributed by atoms with van der Waals surface area (Å²) in [5.41, 5.74) is 5.90. The van der Waals surface area contributed by atoms with Gasteiger partial charge in [-0.2, -0.15) is 0 Å². The first-order chi connectivity index (χ1) is 12.1. The van der Waals surface area contributed by atoms with Crippen LogP contribution in [0.4, 0.5) is 5.69 Å². The quantitative estimate of drug-likeness (QED) is 0.474. The Morgan fingerprint density at radius 1 is 1.12 bits per heavy atom. The van der Waals surface area contributed by atoms with Gasteiger partial charge in [-0.3, -0.25) is 0 Å². The molecule has 2 nitrogen and oxygen atoms in total. The van der Waals surface area contributed by atoms with Gasteiger partial charge in [0.2, 0.25) is 0 Å². The van der Waals surface area contributed by atoms with Crippen LogP contribution in [0.15, 0.2) is 89.7 Å². The van der Waals surface area contributed by atoms with Gasteiger partial charge in [-0.15, -0.1) is 0 Å². The maximum Gasteiger partial charge on any atom is 0.140 e. The van der Waals surface area contributed by atoms with Crippen molar-refractivity contribution >= 4 is 27.6 Å². The van der Waals surface area contributed by atoms with E-state index in [1.54, 1.807) is 6.20 Å². The van der Waals surface area contributed by atoms with E-state index in [4.69, 9.17) is 4.42 Å². The standard InChI is InChI=1S/C23H23NO/c1-6-8-11-16(3)18(5)24(7-2)21-15-14-20-19-12-9-10-13-22(19)25-23(20)17(21)4/h6-15H,2,5H2,1,3-4H3/b8-6-,16-11+. The van der Waals surface area contributed by atoms with E-state index in [2.05, 4.69) is 38.3 Å². The minimum absolute atomic E-state index is 0.895. The molecule has 0 atom stereocenters. The van der Waals surface area contributed by atoms with E-state index in [1.165, 1.54) is 0 Å². The van der Waals surface area contributed by atoms with E-state index in [-0.39, 0.29) is 0 Å². The number of anilines is 1. The number of nitrogens with zero attached hydrogens (tertiary/aromatic N) is 1. The molecule has 1 heterocycles. The highest BCUT2D eigenvalue weighted by Crippen LogP contribution is 2.36. The normalized spacial score (nSPS) is 12.2. The van der Waals surface area contributed by atoms with E-state index in [1.807, 2.05) is 55.2 Å². The molecular formula is C23H23NO. The fourth-order valence-corrected chi connectivity index (χ4v) is 3.05. The molecule has 25 heavy (non-hydrogen) atoms. The van der Waals surface area contributed by atoms with Gasteiger partial charge in [0.25, 0.3) is 0 Å². The van der Waals surface area contributed by atoms with Crippen molar-refractivity contribution in [3.63, 3.8) is 0 Å². The van der Waals surface area contributed by atoms with E-state index in [0.29, 0.717) is 0 Å². The summed E-state index contributed by atoms with van der Waals surface area (Å²) in [5.74, 6) is 0. The van der Waals surface area contributed by atoms with Crippen molar-refractivity contribution in [3.05, 3.63) is 90.8 Å². The lowest BCUT2D eigenvalue weighted by Gasteiger charge is -2.25. The Morgan fingerprint density at radius 2 is 1.88 bits per heavy atom. The summed E-state index contributed by atoms with van der Waals surface area (Å²) in [7, 11) is 0. The molecule has 3 rings (SSSR count). The van der Waals surface area contributed by atoms with Crippen LogP contribution in [0.2, 0.25) is 0 Å². The zero-order valence-corrected chi connectivity index (χ0v) is 15.0. The molecule has 0 aliphatic heterocycles. The van der Waals surface area contributed by atoms with Crippen LogP contribution >= 0.6 is 0 Å². The predicted octanol–water partition coefficient (Wildman–Crippen LogP) is 6.88. The fourth-order valence-electron chi connectivity index (χ4n) is 3.05. The molecule has 0 saturated carbocycles. The zero-order valence-electron chi connectivity index (χ0n) is 15.0. The molecular weight excluding hydrogens is 306 g/mol. The van der Waals surface area contributed by atoms with E-state index in [9.17, 15) is 0 Å². The molecule has 2 heteroatoms. The van der Waals surface area contributed by atoms with Crippen molar-refractivity contribution in [2.24, 2.45) is 0 Å². The first kappa shape index (κ1) is 16.8. The summed E-state index contributed by atoms with van der Waals surface area (Å²) in [4.78, 5) is 2.01. The fraction of sp³-hybridized carbons (Fsp3) is 0.130. The second-order valence-corrected chi connectivity index (χ2v) is 6.06. The van der Waals surface area contributed by atoms with Gasteiger partial charge in [0, 0.05) is 28.2 Å². The van der Waals surface area contributed by atoms with Gasteiger partial charge in [-0.1, -0.05) is 49.6 Å². The number of hydrogen-bond donors (Lipinski definition) is 0. The van der Waals surface area contributed by atoms with Crippen LogP contribution in [-0.4, -0.2) is 0 Å². The number of benzene rings is 2. The molecule has 0 aliphatic rings. The molecule has 1 aromatic heterocycles. The molecule has 126 valence electrons. The lowest BCUT2D eigenvalue weighted by molar-refractivity contribution is 0.666. The highest BCUT2D eigenvalue weighted by atomic mass is 16.3. The highest BCUT2D eigenvalue weighted by Gasteiger charge is 2.16. The number of allylic oxidation sites excluding steroid dienone is 4. The van der Waals surface area contributed by atoms with Crippen LogP contribution < -0.4 is 4.90 Å². The molecule has 3 aromatic rings. The molecule has 2 aromatic carbocycles. The summed E-state index contributed by atoms with van der Waals surface area (Å²) in [5, 5.41) is 2.27. The average Bonchev–Trinajstić information content (AvgIpc) is 3.01. The van der Waals surface area contributed by atoms with Gasteiger partial charge < -0.3 is 9.32 Å². The molecule has 0 radical (unpaired) electrons. The molecule has 0 unspecified atom stereocenters. The molecule has 0 saturated heterocycles. The van der Waals surface area contributed by atoms with Gasteiger partial charge in [0.1, 0.15) is 11.2 Å². The highest BCUT2D eigenvalue weighted by molar-refractivity contribution is 6.07. The Kier molecular flexibility index (Phi) is 4.62. The maximum absolute atomic E-state index is 6.11. The van der Waals surface area contributed by atoms with Crippen molar-refractivity contribution in [2.45, 2.75) is 20.8 Å². The summed E-state index contributed by atoms with van der Waals surface area (Å²) < 4.78 is 6.11. The Labute approximate surface area is 149 Å². The minimum Gasteiger partial charge on any atom is -0.456 e. The Hall–Kier alpha value is -3.00. The van der Waals surface area contributed by atoms with Crippen molar-refractivity contribution in [1.82, 2.24) is 0 Å². The van der Waals surface area contributed by atoms with Crippen molar-refractivity contribution in [3.8, 4) is 0 Å². The number of rotatable bonds is 5. The van der Waals surface area contributed by atoms with Crippen LogP contribution in [-0.2, 0) is 0 Å². The molecule has 0 amide bonds. The number of para-hydroxylation sites is 1. The van der Waals surface area contributed by atoms with Gasteiger partial charge in [-0.25, -0.2) is 0 Å². The molecule has 0 aliphatic carbocycles. The van der Waals surface area contributed by atoms with Gasteiger partial charge in [-0.05, 0) is 44.5 Å². The first-order valence-electron chi connectivity index (χ1n) is 8.40. The van der Waals surface area contributed by atoms with Gasteiger partial charge >= 0.3 is 0 Å². The van der Waals surface area contributed by atoms with Crippen LogP contribution in [0.1, 0.15) is 19.4 Å².